The molecule has 5 heteroatoms. The van der Waals surface area contributed by atoms with Crippen LogP contribution in [0.15, 0.2) is 0 Å². The highest BCUT2D eigenvalue weighted by atomic mass is 19.3. The predicted molar refractivity (Wildman–Crippen MR) is 24.8 cm³/mol. The third kappa shape index (κ3) is 1.22. The van der Waals surface area contributed by atoms with Crippen molar-refractivity contribution in [3.8, 4) is 0 Å². The van der Waals surface area contributed by atoms with Crippen LogP contribution in [0.25, 0.3) is 0 Å². The first-order valence-corrected chi connectivity index (χ1v) is 2.27. The van der Waals surface area contributed by atoms with E-state index in [1.807, 2.05) is 0 Å². The molecular weight excluding hydrogens is 128 g/mol. The number of hydrogen-bond donors (Lipinski definition) is 0. The average Bonchev–Trinajstić information content (AvgIpc) is 2.14. The highest BCUT2D eigenvalue weighted by Gasteiger charge is 2.10. The molecule has 0 unspecified atom stereocenters. The van der Waals surface area contributed by atoms with Gasteiger partial charge in [0.05, 0.1) is 0 Å². The number of aryl methyl sites for hydroxylation is 1. The van der Waals surface area contributed by atoms with Crippen LogP contribution in [-0.4, -0.2) is 15.0 Å². The Bertz CT molecular complexity index is 195. The summed E-state index contributed by atoms with van der Waals surface area (Å²) in [4.78, 5) is 1.04. The molecule has 0 aliphatic heterocycles. The minimum absolute atomic E-state index is 0.405. The second-order valence-electron chi connectivity index (χ2n) is 1.49. The normalized spacial score (nSPS) is 10.7. The number of rotatable bonds is 1. The Morgan fingerprint density at radius 2 is 2.33 bits per heavy atom. The molecule has 1 rings (SSSR count). The van der Waals surface area contributed by atoms with E-state index in [1.54, 1.807) is 0 Å². The van der Waals surface area contributed by atoms with E-state index < -0.39 is 12.1 Å². The first kappa shape index (κ1) is 6.12. The maximum Gasteiger partial charge on any atom is 0.284 e. The van der Waals surface area contributed by atoms with Crippen LogP contribution in [0, 0.1) is 6.20 Å². The first-order valence-electron chi connectivity index (χ1n) is 2.27. The van der Waals surface area contributed by atoms with Crippen molar-refractivity contribution < 1.29 is 8.78 Å². The third-order valence-corrected chi connectivity index (χ3v) is 0.768. The second kappa shape index (κ2) is 2.08. The lowest BCUT2D eigenvalue weighted by Crippen LogP contribution is -1.93. The van der Waals surface area contributed by atoms with Gasteiger partial charge in [-0.25, -0.2) is 8.78 Å². The molecule has 0 saturated carbocycles. The van der Waals surface area contributed by atoms with E-state index in [9.17, 15) is 8.78 Å². The zero-order valence-electron chi connectivity index (χ0n) is 4.67. The quantitative estimate of drug-likeness (QED) is 0.558. The molecule has 0 aliphatic carbocycles. The molecule has 0 aromatic carbocycles. The highest BCUT2D eigenvalue weighted by Crippen LogP contribution is 2.12. The van der Waals surface area contributed by atoms with Crippen molar-refractivity contribution in [3.05, 3.63) is 11.9 Å². The van der Waals surface area contributed by atoms with Crippen LogP contribution in [-0.2, 0) is 7.05 Å². The molecule has 0 spiro atoms. The molecular formula is C4H4F2N3. The summed E-state index contributed by atoms with van der Waals surface area (Å²) in [7, 11) is 1.46. The lowest BCUT2D eigenvalue weighted by atomic mass is 10.5. The summed E-state index contributed by atoms with van der Waals surface area (Å²) in [6.07, 6.45) is -0.514. The van der Waals surface area contributed by atoms with Crippen LogP contribution in [0.5, 0.6) is 0 Å². The number of halogens is 2. The molecule has 3 nitrogen and oxygen atoms in total. The number of nitrogens with zero attached hydrogens (tertiary/aromatic N) is 3. The SMILES string of the molecule is Cn1n[c]c(C(F)F)n1. The van der Waals surface area contributed by atoms with Crippen molar-refractivity contribution >= 4 is 0 Å². The molecule has 0 fully saturated rings. The molecule has 0 atom stereocenters. The lowest BCUT2D eigenvalue weighted by molar-refractivity contribution is 0.145. The van der Waals surface area contributed by atoms with Gasteiger partial charge in [-0.05, 0) is 0 Å². The molecule has 0 saturated heterocycles. The Kier molecular flexibility index (Phi) is 1.42. The monoisotopic (exact) mass is 132 g/mol. The largest absolute Gasteiger partial charge is 0.284 e. The Labute approximate surface area is 50.3 Å². The smallest absolute Gasteiger partial charge is 0.203 e. The molecule has 0 bridgehead atoms. The Balaban J connectivity index is 2.85. The standard InChI is InChI=1S/C4H4F2N3/c1-9-7-2-3(8-9)4(5)6/h4H,1H3. The highest BCUT2D eigenvalue weighted by molar-refractivity contribution is 4.89. The number of hydrogen-bond acceptors (Lipinski definition) is 2. The van der Waals surface area contributed by atoms with Crippen LogP contribution in [0.4, 0.5) is 8.78 Å². The molecule has 1 radical (unpaired) electrons. The van der Waals surface area contributed by atoms with Crippen molar-refractivity contribution in [2.45, 2.75) is 6.43 Å². The van der Waals surface area contributed by atoms with Crippen molar-refractivity contribution in [1.29, 1.82) is 0 Å². The van der Waals surface area contributed by atoms with Gasteiger partial charge in [-0.1, -0.05) is 0 Å². The van der Waals surface area contributed by atoms with Crippen molar-refractivity contribution in [3.63, 3.8) is 0 Å². The van der Waals surface area contributed by atoms with Gasteiger partial charge >= 0.3 is 0 Å². The van der Waals surface area contributed by atoms with E-state index in [4.69, 9.17) is 0 Å². The molecule has 9 heavy (non-hydrogen) atoms. The van der Waals surface area contributed by atoms with E-state index >= 15 is 0 Å². The molecule has 49 valence electrons. The molecule has 1 heterocycles. The maximum atomic E-state index is 11.6. The van der Waals surface area contributed by atoms with Gasteiger partial charge in [0, 0.05) is 7.05 Å². The van der Waals surface area contributed by atoms with Crippen LogP contribution in [0.1, 0.15) is 12.1 Å². The summed E-state index contributed by atoms with van der Waals surface area (Å²) >= 11 is 0. The fourth-order valence-electron chi connectivity index (χ4n) is 0.417. The van der Waals surface area contributed by atoms with E-state index in [0.717, 1.165) is 4.80 Å². The summed E-state index contributed by atoms with van der Waals surface area (Å²) in [5, 5.41) is 6.65. The maximum absolute atomic E-state index is 11.6. The van der Waals surface area contributed by atoms with E-state index in [0.29, 0.717) is 0 Å². The van der Waals surface area contributed by atoms with Gasteiger partial charge in [0.2, 0.25) is 0 Å². The Morgan fingerprint density at radius 1 is 1.67 bits per heavy atom. The van der Waals surface area contributed by atoms with Crippen LogP contribution >= 0.6 is 0 Å². The lowest BCUT2D eigenvalue weighted by Gasteiger charge is -1.86. The van der Waals surface area contributed by atoms with Crippen LogP contribution in [0.2, 0.25) is 0 Å². The molecule has 0 aliphatic rings. The van der Waals surface area contributed by atoms with Gasteiger partial charge in [-0.3, -0.25) is 0 Å². The zero-order valence-corrected chi connectivity index (χ0v) is 4.67. The number of alkyl halides is 2. The summed E-state index contributed by atoms with van der Waals surface area (Å²) in [6.45, 7) is 0. The molecule has 1 aromatic heterocycles. The second-order valence-corrected chi connectivity index (χ2v) is 1.49. The average molecular weight is 132 g/mol. The first-order chi connectivity index (χ1) is 4.20. The van der Waals surface area contributed by atoms with E-state index in [-0.39, 0.29) is 0 Å². The topological polar surface area (TPSA) is 30.7 Å². The van der Waals surface area contributed by atoms with Crippen LogP contribution in [0.3, 0.4) is 0 Å². The molecule has 0 amide bonds. The predicted octanol–water partition coefficient (Wildman–Crippen LogP) is 0.553. The van der Waals surface area contributed by atoms with Gasteiger partial charge in [-0.2, -0.15) is 15.0 Å². The van der Waals surface area contributed by atoms with E-state index in [1.165, 1.54) is 7.05 Å². The van der Waals surface area contributed by atoms with Crippen molar-refractivity contribution in [2.24, 2.45) is 7.05 Å². The fraction of sp³-hybridized carbons (Fsp3) is 0.500. The summed E-state index contributed by atoms with van der Waals surface area (Å²) in [5.41, 5.74) is -0.405. The minimum atomic E-state index is -2.57. The third-order valence-electron chi connectivity index (χ3n) is 0.768. The summed E-state index contributed by atoms with van der Waals surface area (Å²) in [6, 6.07) is 0. The van der Waals surface area contributed by atoms with Crippen molar-refractivity contribution in [2.75, 3.05) is 0 Å². The Hall–Kier alpha value is -1.00. The zero-order chi connectivity index (χ0) is 6.85. The molecule has 1 aromatic rings. The van der Waals surface area contributed by atoms with Gasteiger partial charge in [0.1, 0.15) is 6.20 Å². The van der Waals surface area contributed by atoms with E-state index in [2.05, 4.69) is 16.4 Å². The number of aromatic nitrogens is 3. The minimum Gasteiger partial charge on any atom is -0.203 e. The van der Waals surface area contributed by atoms with Gasteiger partial charge in [-0.15, -0.1) is 0 Å². The van der Waals surface area contributed by atoms with Crippen LogP contribution < -0.4 is 0 Å². The van der Waals surface area contributed by atoms with Gasteiger partial charge in [0.15, 0.2) is 5.69 Å². The fourth-order valence-corrected chi connectivity index (χ4v) is 0.417. The summed E-state index contributed by atoms with van der Waals surface area (Å²) in [5.74, 6) is 0. The van der Waals surface area contributed by atoms with Crippen molar-refractivity contribution in [1.82, 2.24) is 15.0 Å². The van der Waals surface area contributed by atoms with Gasteiger partial charge in [0.25, 0.3) is 6.43 Å². The Morgan fingerprint density at radius 3 is 2.56 bits per heavy atom. The summed E-state index contributed by atoms with van der Waals surface area (Å²) < 4.78 is 23.3. The molecule has 0 N–H and O–H groups in total. The van der Waals surface area contributed by atoms with Gasteiger partial charge < -0.3 is 0 Å².